The fourth-order valence-corrected chi connectivity index (χ4v) is 0.814. The van der Waals surface area contributed by atoms with E-state index in [2.05, 4.69) is 0 Å². The molecule has 0 saturated carbocycles. The van der Waals surface area contributed by atoms with Crippen LogP contribution in [0, 0.1) is 10.1 Å². The Morgan fingerprint density at radius 3 is 2.67 bits per heavy atom. The first-order valence-electron chi connectivity index (χ1n) is 3.22. The van der Waals surface area contributed by atoms with Crippen molar-refractivity contribution in [3.63, 3.8) is 0 Å². The monoisotopic (exact) mass is 169 g/mol. The zero-order chi connectivity index (χ0) is 9.14. The van der Waals surface area contributed by atoms with Gasteiger partial charge < -0.3 is 10.2 Å². The Bertz CT molecular complexity index is 310. The number of rotatable bonds is 2. The summed E-state index contributed by atoms with van der Waals surface area (Å²) in [7, 11) is 0. The number of nitro groups is 1. The lowest BCUT2D eigenvalue weighted by Gasteiger charge is -1.97. The third-order valence-electron chi connectivity index (χ3n) is 1.42. The maximum atomic E-state index is 10.3. The van der Waals surface area contributed by atoms with Gasteiger partial charge in [-0.2, -0.15) is 0 Å². The van der Waals surface area contributed by atoms with Gasteiger partial charge in [-0.3, -0.25) is 10.1 Å². The standard InChI is InChI=1S/C7H7NO4/c9-4-5-1-2-7(10)6(3-5)8(11)12/h1-3,9-10H,4H2. The Morgan fingerprint density at radius 1 is 1.50 bits per heavy atom. The molecule has 0 amide bonds. The van der Waals surface area contributed by atoms with E-state index in [1.54, 1.807) is 0 Å². The van der Waals surface area contributed by atoms with Crippen LogP contribution in [-0.4, -0.2) is 15.1 Å². The maximum Gasteiger partial charge on any atom is 0.311 e. The molecule has 12 heavy (non-hydrogen) atoms. The number of benzene rings is 1. The quantitative estimate of drug-likeness (QED) is 0.506. The van der Waals surface area contributed by atoms with Crippen molar-refractivity contribution in [2.45, 2.75) is 6.61 Å². The van der Waals surface area contributed by atoms with Crippen LogP contribution in [-0.2, 0) is 6.61 Å². The number of aromatic hydroxyl groups is 1. The van der Waals surface area contributed by atoms with Gasteiger partial charge in [0.15, 0.2) is 5.75 Å². The lowest BCUT2D eigenvalue weighted by atomic mass is 10.2. The van der Waals surface area contributed by atoms with E-state index >= 15 is 0 Å². The van der Waals surface area contributed by atoms with E-state index in [0.717, 1.165) is 6.07 Å². The Balaban J connectivity index is 3.17. The molecule has 0 atom stereocenters. The molecule has 1 aromatic carbocycles. The van der Waals surface area contributed by atoms with Crippen LogP contribution in [0.2, 0.25) is 0 Å². The predicted octanol–water partition coefficient (Wildman–Crippen LogP) is 0.793. The average molecular weight is 169 g/mol. The van der Waals surface area contributed by atoms with E-state index in [-0.39, 0.29) is 12.3 Å². The fraction of sp³-hybridized carbons (Fsp3) is 0.143. The minimum Gasteiger partial charge on any atom is -0.502 e. The average Bonchev–Trinajstić information content (AvgIpc) is 2.05. The maximum absolute atomic E-state index is 10.3. The van der Waals surface area contributed by atoms with Gasteiger partial charge in [0.2, 0.25) is 0 Å². The molecule has 0 aliphatic heterocycles. The normalized spacial score (nSPS) is 9.75. The van der Waals surface area contributed by atoms with E-state index in [4.69, 9.17) is 10.2 Å². The Labute approximate surface area is 68.0 Å². The van der Waals surface area contributed by atoms with Gasteiger partial charge in [0, 0.05) is 6.07 Å². The van der Waals surface area contributed by atoms with E-state index in [0.29, 0.717) is 5.56 Å². The third-order valence-corrected chi connectivity index (χ3v) is 1.42. The summed E-state index contributed by atoms with van der Waals surface area (Å²) in [6.45, 7) is -0.277. The largest absolute Gasteiger partial charge is 0.502 e. The lowest BCUT2D eigenvalue weighted by Crippen LogP contribution is -1.91. The highest BCUT2D eigenvalue weighted by atomic mass is 16.6. The highest BCUT2D eigenvalue weighted by molar-refractivity contribution is 5.47. The summed E-state index contributed by atoms with van der Waals surface area (Å²) in [4.78, 5) is 9.55. The summed E-state index contributed by atoms with van der Waals surface area (Å²) < 4.78 is 0. The molecule has 1 rings (SSSR count). The van der Waals surface area contributed by atoms with E-state index in [1.165, 1.54) is 12.1 Å². The van der Waals surface area contributed by atoms with Crippen molar-refractivity contribution in [2.24, 2.45) is 0 Å². The zero-order valence-electron chi connectivity index (χ0n) is 6.10. The molecule has 0 saturated heterocycles. The second kappa shape index (κ2) is 3.19. The summed E-state index contributed by atoms with van der Waals surface area (Å²) in [5.74, 6) is -0.391. The SMILES string of the molecule is O=[N+]([O-])c1cc(CO)ccc1O. The number of hydrogen-bond donors (Lipinski definition) is 2. The first-order valence-corrected chi connectivity index (χ1v) is 3.22. The highest BCUT2D eigenvalue weighted by Gasteiger charge is 2.12. The summed E-state index contributed by atoms with van der Waals surface area (Å²) in [6.07, 6.45) is 0. The topological polar surface area (TPSA) is 83.6 Å². The van der Waals surface area contributed by atoms with E-state index in [9.17, 15) is 10.1 Å². The summed E-state index contributed by atoms with van der Waals surface area (Å²) in [5, 5.41) is 27.9. The number of nitrogens with zero attached hydrogens (tertiary/aromatic N) is 1. The van der Waals surface area contributed by atoms with Crippen molar-refractivity contribution >= 4 is 5.69 Å². The van der Waals surface area contributed by atoms with Gasteiger partial charge in [0.25, 0.3) is 0 Å². The molecule has 0 aliphatic rings. The van der Waals surface area contributed by atoms with Crippen molar-refractivity contribution in [1.82, 2.24) is 0 Å². The molecule has 0 heterocycles. The van der Waals surface area contributed by atoms with Gasteiger partial charge in [-0.15, -0.1) is 0 Å². The molecule has 0 spiro atoms. The first kappa shape index (κ1) is 8.48. The smallest absolute Gasteiger partial charge is 0.311 e. The van der Waals surface area contributed by atoms with Crippen LogP contribution in [0.15, 0.2) is 18.2 Å². The molecular weight excluding hydrogens is 162 g/mol. The van der Waals surface area contributed by atoms with Crippen LogP contribution in [0.5, 0.6) is 5.75 Å². The summed E-state index contributed by atoms with van der Waals surface area (Å²) >= 11 is 0. The first-order chi connectivity index (χ1) is 5.65. The van der Waals surface area contributed by atoms with Crippen LogP contribution in [0.3, 0.4) is 0 Å². The molecule has 5 heteroatoms. The number of nitro benzene ring substituents is 1. The minimum absolute atomic E-state index is 0.277. The van der Waals surface area contributed by atoms with Gasteiger partial charge in [0.05, 0.1) is 11.5 Å². The molecule has 0 radical (unpaired) electrons. The van der Waals surface area contributed by atoms with E-state index in [1.807, 2.05) is 0 Å². The lowest BCUT2D eigenvalue weighted by molar-refractivity contribution is -0.385. The van der Waals surface area contributed by atoms with Crippen LogP contribution < -0.4 is 0 Å². The number of aliphatic hydroxyl groups excluding tert-OH is 1. The predicted molar refractivity (Wildman–Crippen MR) is 40.7 cm³/mol. The fourth-order valence-electron chi connectivity index (χ4n) is 0.814. The van der Waals surface area contributed by atoms with Crippen molar-refractivity contribution in [2.75, 3.05) is 0 Å². The van der Waals surface area contributed by atoms with Crippen molar-refractivity contribution in [3.05, 3.63) is 33.9 Å². The summed E-state index contributed by atoms with van der Waals surface area (Å²) in [5.41, 5.74) is 0.0149. The number of aliphatic hydroxyl groups is 1. The van der Waals surface area contributed by atoms with Gasteiger partial charge in [-0.1, -0.05) is 6.07 Å². The zero-order valence-corrected chi connectivity index (χ0v) is 6.10. The molecule has 0 fully saturated rings. The number of phenolic OH excluding ortho intramolecular Hbond substituents is 1. The molecule has 0 bridgehead atoms. The minimum atomic E-state index is -0.700. The van der Waals surface area contributed by atoms with Crippen molar-refractivity contribution < 1.29 is 15.1 Å². The van der Waals surface area contributed by atoms with Gasteiger partial charge in [-0.05, 0) is 11.6 Å². The van der Waals surface area contributed by atoms with Gasteiger partial charge >= 0.3 is 5.69 Å². The molecule has 2 N–H and O–H groups in total. The highest BCUT2D eigenvalue weighted by Crippen LogP contribution is 2.25. The van der Waals surface area contributed by atoms with Gasteiger partial charge in [0.1, 0.15) is 0 Å². The van der Waals surface area contributed by atoms with Crippen LogP contribution in [0.25, 0.3) is 0 Å². The molecule has 64 valence electrons. The number of hydrogen-bond acceptors (Lipinski definition) is 4. The van der Waals surface area contributed by atoms with Crippen LogP contribution in [0.1, 0.15) is 5.56 Å². The van der Waals surface area contributed by atoms with Gasteiger partial charge in [-0.25, -0.2) is 0 Å². The second-order valence-electron chi connectivity index (χ2n) is 2.24. The Hall–Kier alpha value is -1.62. The summed E-state index contributed by atoms with van der Waals surface area (Å²) in [6, 6.07) is 3.74. The van der Waals surface area contributed by atoms with Crippen LogP contribution >= 0.6 is 0 Å². The second-order valence-corrected chi connectivity index (χ2v) is 2.24. The van der Waals surface area contributed by atoms with Crippen LogP contribution in [0.4, 0.5) is 5.69 Å². The molecule has 5 nitrogen and oxygen atoms in total. The van der Waals surface area contributed by atoms with E-state index < -0.39 is 10.7 Å². The van der Waals surface area contributed by atoms with Crippen molar-refractivity contribution in [3.8, 4) is 5.75 Å². The molecular formula is C7H7NO4. The number of phenols is 1. The molecule has 0 aliphatic carbocycles. The molecule has 0 unspecified atom stereocenters. The van der Waals surface area contributed by atoms with Crippen molar-refractivity contribution in [1.29, 1.82) is 0 Å². The Morgan fingerprint density at radius 2 is 2.17 bits per heavy atom. The Kier molecular flexibility index (Phi) is 2.25. The molecule has 1 aromatic rings. The third kappa shape index (κ3) is 1.51. The molecule has 0 aromatic heterocycles.